The third-order valence-corrected chi connectivity index (χ3v) is 7.25. The minimum atomic E-state index is -0.537. The van der Waals surface area contributed by atoms with E-state index in [1.807, 2.05) is 4.90 Å². The number of piperazine rings is 2. The number of hydrogen-bond acceptors (Lipinski definition) is 8. The van der Waals surface area contributed by atoms with Crippen molar-refractivity contribution >= 4 is 5.91 Å². The molecule has 3 aliphatic rings. The SMILES string of the molecule is C#CCOCC(O)CN1CCN(Cc2nc(C(=O)N3CCN(C4CCCCC4)CC3)co2)CC1. The number of carbonyl (C=O) groups is 1. The first-order valence-electron chi connectivity index (χ1n) is 12.7. The number of rotatable bonds is 9. The molecule has 1 aliphatic carbocycles. The maximum Gasteiger partial charge on any atom is 0.275 e. The molecule has 188 valence electrons. The molecule has 1 saturated carbocycles. The van der Waals surface area contributed by atoms with Crippen LogP contribution in [0.4, 0.5) is 0 Å². The number of oxazole rings is 1. The molecule has 9 heteroatoms. The predicted molar refractivity (Wildman–Crippen MR) is 128 cm³/mol. The maximum atomic E-state index is 12.9. The van der Waals surface area contributed by atoms with Gasteiger partial charge in [-0.2, -0.15) is 0 Å². The molecule has 9 nitrogen and oxygen atoms in total. The van der Waals surface area contributed by atoms with Crippen LogP contribution in [0, 0.1) is 12.3 Å². The Bertz CT molecular complexity index is 802. The summed E-state index contributed by atoms with van der Waals surface area (Å²) in [5, 5.41) is 10.1. The van der Waals surface area contributed by atoms with E-state index >= 15 is 0 Å². The molecule has 0 aromatic carbocycles. The number of β-amino-alcohol motifs (C(OH)–C–C–N with tert-alkyl or cyclic N) is 1. The lowest BCUT2D eigenvalue weighted by Crippen LogP contribution is -2.52. The molecule has 2 aliphatic heterocycles. The van der Waals surface area contributed by atoms with E-state index in [0.29, 0.717) is 30.7 Å². The Morgan fingerprint density at radius 1 is 1.12 bits per heavy atom. The van der Waals surface area contributed by atoms with Crippen LogP contribution in [0.5, 0.6) is 0 Å². The third-order valence-electron chi connectivity index (χ3n) is 7.25. The second-order valence-electron chi connectivity index (χ2n) is 9.70. The number of aromatic nitrogens is 1. The van der Waals surface area contributed by atoms with Crippen molar-refractivity contribution in [2.45, 2.75) is 50.8 Å². The Morgan fingerprint density at radius 3 is 2.53 bits per heavy atom. The molecular formula is C25H39N5O4. The molecule has 4 rings (SSSR count). The van der Waals surface area contributed by atoms with E-state index in [-0.39, 0.29) is 19.1 Å². The number of aliphatic hydroxyl groups is 1. The van der Waals surface area contributed by atoms with Gasteiger partial charge in [0, 0.05) is 64.9 Å². The van der Waals surface area contributed by atoms with Crippen LogP contribution < -0.4 is 0 Å². The van der Waals surface area contributed by atoms with E-state index in [1.54, 1.807) is 0 Å². The first-order chi connectivity index (χ1) is 16.6. The fraction of sp³-hybridized carbons (Fsp3) is 0.760. The Hall–Kier alpha value is -1.96. The van der Waals surface area contributed by atoms with Gasteiger partial charge in [0.15, 0.2) is 5.69 Å². The Labute approximate surface area is 203 Å². The monoisotopic (exact) mass is 473 g/mol. The lowest BCUT2D eigenvalue weighted by Gasteiger charge is -2.40. The van der Waals surface area contributed by atoms with Gasteiger partial charge in [0.1, 0.15) is 12.9 Å². The van der Waals surface area contributed by atoms with Crippen molar-refractivity contribution in [3.63, 3.8) is 0 Å². The van der Waals surface area contributed by atoms with Crippen LogP contribution in [0.2, 0.25) is 0 Å². The number of carbonyl (C=O) groups excluding carboxylic acids is 1. The molecule has 0 bridgehead atoms. The molecule has 1 N–H and O–H groups in total. The molecule has 0 radical (unpaired) electrons. The summed E-state index contributed by atoms with van der Waals surface area (Å²) >= 11 is 0. The van der Waals surface area contributed by atoms with Gasteiger partial charge < -0.3 is 19.2 Å². The molecule has 2 saturated heterocycles. The largest absolute Gasteiger partial charge is 0.447 e. The van der Waals surface area contributed by atoms with Crippen molar-refractivity contribution in [2.24, 2.45) is 0 Å². The number of ether oxygens (including phenoxy) is 1. The van der Waals surface area contributed by atoms with Crippen molar-refractivity contribution in [1.29, 1.82) is 0 Å². The standard InChI is InChI=1S/C25H39N5O4/c1-2-16-33-19-22(31)17-27-8-10-28(11-9-27)18-24-26-23(20-34-24)25(32)30-14-12-29(13-15-30)21-6-4-3-5-7-21/h1,20-22,31H,3-19H2. The van der Waals surface area contributed by atoms with Crippen LogP contribution in [0.25, 0.3) is 0 Å². The highest BCUT2D eigenvalue weighted by atomic mass is 16.5. The molecule has 34 heavy (non-hydrogen) atoms. The zero-order valence-electron chi connectivity index (χ0n) is 20.2. The summed E-state index contributed by atoms with van der Waals surface area (Å²) in [6.45, 7) is 8.49. The van der Waals surface area contributed by atoms with E-state index in [0.717, 1.165) is 52.4 Å². The highest BCUT2D eigenvalue weighted by Gasteiger charge is 2.29. The number of terminal acetylenes is 1. The molecule has 1 atom stereocenters. The second kappa shape index (κ2) is 12.7. The molecule has 1 amide bonds. The number of aliphatic hydroxyl groups excluding tert-OH is 1. The minimum absolute atomic E-state index is 0.0239. The summed E-state index contributed by atoms with van der Waals surface area (Å²) in [6.07, 6.45) is 12.8. The fourth-order valence-electron chi connectivity index (χ4n) is 5.31. The van der Waals surface area contributed by atoms with Gasteiger partial charge in [-0.1, -0.05) is 25.2 Å². The molecule has 1 unspecified atom stereocenters. The number of nitrogens with zero attached hydrogens (tertiary/aromatic N) is 5. The topological polar surface area (TPSA) is 85.5 Å². The van der Waals surface area contributed by atoms with Gasteiger partial charge in [-0.3, -0.25) is 19.5 Å². The van der Waals surface area contributed by atoms with E-state index in [2.05, 4.69) is 25.6 Å². The highest BCUT2D eigenvalue weighted by Crippen LogP contribution is 2.24. The van der Waals surface area contributed by atoms with Crippen molar-refractivity contribution < 1.29 is 19.1 Å². The smallest absolute Gasteiger partial charge is 0.275 e. The summed E-state index contributed by atoms with van der Waals surface area (Å²) in [5.74, 6) is 2.96. The predicted octanol–water partition coefficient (Wildman–Crippen LogP) is 0.893. The quantitative estimate of drug-likeness (QED) is 0.418. The first kappa shape index (κ1) is 25.1. The zero-order valence-corrected chi connectivity index (χ0v) is 20.2. The van der Waals surface area contributed by atoms with E-state index in [1.165, 1.54) is 38.4 Å². The van der Waals surface area contributed by atoms with Gasteiger partial charge >= 0.3 is 0 Å². The lowest BCUT2D eigenvalue weighted by molar-refractivity contribution is 0.0146. The summed E-state index contributed by atoms with van der Waals surface area (Å²) in [5.41, 5.74) is 0.412. The van der Waals surface area contributed by atoms with Gasteiger partial charge in [-0.05, 0) is 12.8 Å². The van der Waals surface area contributed by atoms with Gasteiger partial charge in [-0.25, -0.2) is 4.98 Å². The first-order valence-corrected chi connectivity index (χ1v) is 12.7. The van der Waals surface area contributed by atoms with Gasteiger partial charge in [0.25, 0.3) is 5.91 Å². The van der Waals surface area contributed by atoms with Crippen LogP contribution in [-0.2, 0) is 11.3 Å². The highest BCUT2D eigenvalue weighted by molar-refractivity contribution is 5.92. The molecule has 3 heterocycles. The molecule has 1 aromatic rings. The molecule has 0 spiro atoms. The number of amides is 1. The summed E-state index contributed by atoms with van der Waals surface area (Å²) < 4.78 is 10.9. The normalized spacial score (nSPS) is 22.5. The number of hydrogen-bond donors (Lipinski definition) is 1. The van der Waals surface area contributed by atoms with Crippen molar-refractivity contribution in [1.82, 2.24) is 24.6 Å². The van der Waals surface area contributed by atoms with Crippen molar-refractivity contribution in [3.8, 4) is 12.3 Å². The Kier molecular flexibility index (Phi) is 9.36. The third kappa shape index (κ3) is 7.03. The summed E-state index contributed by atoms with van der Waals surface area (Å²) in [4.78, 5) is 26.4. The Morgan fingerprint density at radius 2 is 1.82 bits per heavy atom. The average Bonchev–Trinajstić information content (AvgIpc) is 3.34. The second-order valence-corrected chi connectivity index (χ2v) is 9.70. The van der Waals surface area contributed by atoms with Crippen LogP contribution in [0.15, 0.2) is 10.7 Å². The Balaban J connectivity index is 1.17. The van der Waals surface area contributed by atoms with Crippen LogP contribution in [0.3, 0.4) is 0 Å². The summed E-state index contributed by atoms with van der Waals surface area (Å²) in [6, 6.07) is 0.704. The lowest BCUT2D eigenvalue weighted by atomic mass is 9.94. The summed E-state index contributed by atoms with van der Waals surface area (Å²) in [7, 11) is 0. The van der Waals surface area contributed by atoms with Crippen molar-refractivity contribution in [2.75, 3.05) is 72.1 Å². The molecule has 1 aromatic heterocycles. The van der Waals surface area contributed by atoms with E-state index < -0.39 is 6.10 Å². The average molecular weight is 474 g/mol. The van der Waals surface area contributed by atoms with Crippen LogP contribution in [0.1, 0.15) is 48.5 Å². The zero-order chi connectivity index (χ0) is 23.8. The molecule has 3 fully saturated rings. The minimum Gasteiger partial charge on any atom is -0.447 e. The maximum absolute atomic E-state index is 12.9. The van der Waals surface area contributed by atoms with Gasteiger partial charge in [0.05, 0.1) is 19.3 Å². The van der Waals surface area contributed by atoms with Crippen LogP contribution in [-0.4, -0.2) is 120 Å². The van der Waals surface area contributed by atoms with Gasteiger partial charge in [0.2, 0.25) is 5.89 Å². The van der Waals surface area contributed by atoms with E-state index in [4.69, 9.17) is 15.6 Å². The van der Waals surface area contributed by atoms with Crippen molar-refractivity contribution in [3.05, 3.63) is 17.8 Å². The molecular weight excluding hydrogens is 434 g/mol. The van der Waals surface area contributed by atoms with Gasteiger partial charge in [-0.15, -0.1) is 6.42 Å². The van der Waals surface area contributed by atoms with E-state index in [9.17, 15) is 9.90 Å². The van der Waals surface area contributed by atoms with Crippen LogP contribution >= 0.6 is 0 Å². The fourth-order valence-corrected chi connectivity index (χ4v) is 5.31.